The third-order valence-corrected chi connectivity index (χ3v) is 6.86. The van der Waals surface area contributed by atoms with E-state index in [-0.39, 0.29) is 0 Å². The lowest BCUT2D eigenvalue weighted by atomic mass is 10.1. The van der Waals surface area contributed by atoms with Crippen LogP contribution in [0.1, 0.15) is 11.1 Å². The summed E-state index contributed by atoms with van der Waals surface area (Å²) >= 11 is 0. The Morgan fingerprint density at radius 3 is 1.47 bits per heavy atom. The van der Waals surface area contributed by atoms with Crippen LogP contribution in [0.25, 0.3) is 22.5 Å². The summed E-state index contributed by atoms with van der Waals surface area (Å²) in [5.74, 6) is 2.12. The van der Waals surface area contributed by atoms with Gasteiger partial charge in [-0.05, 0) is 11.1 Å². The molecule has 2 aromatic carbocycles. The zero-order valence-corrected chi connectivity index (χ0v) is 19.7. The van der Waals surface area contributed by atoms with Crippen LogP contribution in [0.2, 0.25) is 0 Å². The van der Waals surface area contributed by atoms with Gasteiger partial charge in [0.15, 0.2) is 11.6 Å². The molecule has 0 atom stereocenters. The maximum Gasteiger partial charge on any atom is 0.156 e. The van der Waals surface area contributed by atoms with Crippen LogP contribution < -0.4 is 9.80 Å². The summed E-state index contributed by atoms with van der Waals surface area (Å²) in [4.78, 5) is 9.50. The third-order valence-electron chi connectivity index (χ3n) is 6.86. The van der Waals surface area contributed by atoms with Gasteiger partial charge in [0.05, 0.1) is 24.7 Å². The molecule has 2 aromatic heterocycles. The Morgan fingerprint density at radius 2 is 1.06 bits per heavy atom. The average Bonchev–Trinajstić information content (AvgIpc) is 3.49. The van der Waals surface area contributed by atoms with Crippen LogP contribution in [-0.2, 0) is 13.1 Å². The minimum Gasteiger partial charge on any atom is -0.345 e. The molecule has 4 aromatic rings. The highest BCUT2D eigenvalue weighted by atomic mass is 15.4. The molecule has 0 unspecified atom stereocenters. The number of fused-ring (bicyclic) bond motifs is 2. The van der Waals surface area contributed by atoms with E-state index in [1.54, 1.807) is 0 Å². The predicted octanol–water partition coefficient (Wildman–Crippen LogP) is 3.59. The van der Waals surface area contributed by atoms with Gasteiger partial charge in [-0.3, -0.25) is 20.0 Å². The molecule has 0 bridgehead atoms. The van der Waals surface area contributed by atoms with Crippen molar-refractivity contribution in [1.29, 1.82) is 0 Å². The van der Waals surface area contributed by atoms with Crippen molar-refractivity contribution in [1.82, 2.24) is 30.2 Å². The molecule has 0 fully saturated rings. The molecule has 34 heavy (non-hydrogen) atoms. The molecular formula is C26H30N8. The van der Waals surface area contributed by atoms with Crippen molar-refractivity contribution in [2.45, 2.75) is 13.1 Å². The van der Waals surface area contributed by atoms with E-state index in [0.717, 1.165) is 62.5 Å². The Labute approximate surface area is 199 Å². The van der Waals surface area contributed by atoms with Crippen molar-refractivity contribution in [3.8, 4) is 22.5 Å². The predicted molar refractivity (Wildman–Crippen MR) is 135 cm³/mol. The van der Waals surface area contributed by atoms with E-state index in [2.05, 4.69) is 115 Å². The minimum absolute atomic E-state index is 0.877. The summed E-state index contributed by atoms with van der Waals surface area (Å²) in [6, 6.07) is 21.0. The summed E-state index contributed by atoms with van der Waals surface area (Å²) < 4.78 is 0. The lowest BCUT2D eigenvalue weighted by molar-refractivity contribution is 0.186. The number of nitrogens with zero attached hydrogens (tertiary/aromatic N) is 6. The van der Waals surface area contributed by atoms with Gasteiger partial charge < -0.3 is 9.80 Å². The van der Waals surface area contributed by atoms with E-state index >= 15 is 0 Å². The first kappa shape index (κ1) is 20.9. The second-order valence-electron chi connectivity index (χ2n) is 9.32. The first-order valence-corrected chi connectivity index (χ1v) is 11.8. The second kappa shape index (κ2) is 8.62. The van der Waals surface area contributed by atoms with Crippen LogP contribution in [0.5, 0.6) is 0 Å². The molecule has 0 amide bonds. The van der Waals surface area contributed by atoms with Gasteiger partial charge in [0.25, 0.3) is 0 Å². The summed E-state index contributed by atoms with van der Waals surface area (Å²) in [6.45, 7) is 5.53. The molecule has 4 heterocycles. The van der Waals surface area contributed by atoms with Gasteiger partial charge in [0.2, 0.25) is 0 Å². The molecule has 0 aliphatic carbocycles. The van der Waals surface area contributed by atoms with Gasteiger partial charge in [0.1, 0.15) is 0 Å². The average molecular weight is 455 g/mol. The molecule has 0 saturated carbocycles. The first-order chi connectivity index (χ1) is 16.7. The van der Waals surface area contributed by atoms with Crippen molar-refractivity contribution >= 4 is 11.6 Å². The number of aromatic amines is 2. The molecular weight excluding hydrogens is 424 g/mol. The van der Waals surface area contributed by atoms with Crippen molar-refractivity contribution in [2.75, 3.05) is 50.3 Å². The quantitative estimate of drug-likeness (QED) is 0.480. The van der Waals surface area contributed by atoms with Gasteiger partial charge in [-0.15, -0.1) is 0 Å². The normalized spacial score (nSPS) is 16.5. The summed E-state index contributed by atoms with van der Waals surface area (Å²) in [7, 11) is 4.25. The van der Waals surface area contributed by atoms with Gasteiger partial charge in [-0.25, -0.2) is 0 Å². The fourth-order valence-corrected chi connectivity index (χ4v) is 5.19. The van der Waals surface area contributed by atoms with E-state index in [1.807, 2.05) is 0 Å². The maximum absolute atomic E-state index is 4.61. The van der Waals surface area contributed by atoms with Crippen LogP contribution in [0, 0.1) is 0 Å². The van der Waals surface area contributed by atoms with E-state index < -0.39 is 0 Å². The van der Waals surface area contributed by atoms with Gasteiger partial charge in [0, 0.05) is 51.4 Å². The zero-order chi connectivity index (χ0) is 23.1. The van der Waals surface area contributed by atoms with Crippen LogP contribution in [0.15, 0.2) is 60.7 Å². The molecule has 2 aliphatic heterocycles. The molecule has 6 rings (SSSR count). The molecule has 0 radical (unpaired) electrons. The number of H-pyrrole nitrogens is 2. The van der Waals surface area contributed by atoms with Gasteiger partial charge in [-0.1, -0.05) is 60.7 Å². The number of aromatic nitrogens is 4. The largest absolute Gasteiger partial charge is 0.345 e. The monoisotopic (exact) mass is 454 g/mol. The van der Waals surface area contributed by atoms with Crippen molar-refractivity contribution in [2.24, 2.45) is 0 Å². The highest BCUT2D eigenvalue weighted by Gasteiger charge is 2.29. The number of hydrogen-bond acceptors (Lipinski definition) is 6. The number of nitrogens with one attached hydrogen (secondary N) is 2. The molecule has 2 N–H and O–H groups in total. The number of rotatable bonds is 5. The minimum atomic E-state index is 0.877. The molecule has 2 aliphatic rings. The molecule has 174 valence electrons. The van der Waals surface area contributed by atoms with E-state index in [1.165, 1.54) is 22.3 Å². The van der Waals surface area contributed by atoms with E-state index in [4.69, 9.17) is 0 Å². The SMILES string of the molecule is CN1CN(CCN2Cc3c(n[nH]c3-c3ccccc3)N(C)C2)Cc2c1n[nH]c2-c1ccccc1. The van der Waals surface area contributed by atoms with E-state index in [0.29, 0.717) is 0 Å². The topological polar surface area (TPSA) is 70.3 Å². The van der Waals surface area contributed by atoms with Crippen LogP contribution >= 0.6 is 0 Å². The van der Waals surface area contributed by atoms with E-state index in [9.17, 15) is 0 Å². The molecule has 0 spiro atoms. The summed E-state index contributed by atoms with van der Waals surface area (Å²) in [6.07, 6.45) is 0. The van der Waals surface area contributed by atoms with Crippen LogP contribution in [0.4, 0.5) is 11.6 Å². The van der Waals surface area contributed by atoms with Crippen molar-refractivity contribution < 1.29 is 0 Å². The number of benzene rings is 2. The highest BCUT2D eigenvalue weighted by Crippen LogP contribution is 2.34. The molecule has 0 saturated heterocycles. The van der Waals surface area contributed by atoms with Gasteiger partial charge in [-0.2, -0.15) is 10.2 Å². The first-order valence-electron chi connectivity index (χ1n) is 11.8. The maximum atomic E-state index is 4.61. The lowest BCUT2D eigenvalue weighted by Crippen LogP contribution is -2.46. The van der Waals surface area contributed by atoms with Crippen LogP contribution in [-0.4, -0.2) is 70.7 Å². The third kappa shape index (κ3) is 3.74. The smallest absolute Gasteiger partial charge is 0.156 e. The summed E-state index contributed by atoms with van der Waals surface area (Å²) in [5.41, 5.74) is 7.18. The van der Waals surface area contributed by atoms with Crippen LogP contribution in [0.3, 0.4) is 0 Å². The Bertz CT molecular complexity index is 1160. The number of anilines is 2. The second-order valence-corrected chi connectivity index (χ2v) is 9.32. The fraction of sp³-hybridized carbons (Fsp3) is 0.308. The lowest BCUT2D eigenvalue weighted by Gasteiger charge is -2.37. The number of hydrogen-bond donors (Lipinski definition) is 2. The standard InChI is InChI=1S/C26H30N8/c1-31-17-33(15-21-23(27-29-25(21)31)19-9-5-3-6-10-19)13-14-34-16-22-24(20-11-7-4-8-12-20)28-30-26(22)32(2)18-34/h3-12H,13-18H2,1-2H3,(H,27,29)(H,28,30). The Morgan fingerprint density at radius 1 is 0.647 bits per heavy atom. The summed E-state index contributed by atoms with van der Waals surface area (Å²) in [5, 5.41) is 15.8. The molecule has 8 nitrogen and oxygen atoms in total. The van der Waals surface area contributed by atoms with Gasteiger partial charge >= 0.3 is 0 Å². The fourth-order valence-electron chi connectivity index (χ4n) is 5.19. The Balaban J connectivity index is 1.17. The highest BCUT2D eigenvalue weighted by molar-refractivity contribution is 5.71. The van der Waals surface area contributed by atoms with Crippen molar-refractivity contribution in [3.63, 3.8) is 0 Å². The zero-order valence-electron chi connectivity index (χ0n) is 19.7. The Kier molecular flexibility index (Phi) is 5.31. The Hall–Kier alpha value is -3.62. The van der Waals surface area contributed by atoms with Crippen molar-refractivity contribution in [3.05, 3.63) is 71.8 Å². The molecule has 8 heteroatoms.